The SMILES string of the molecule is CC(=O)c1ccc(OCCCC(=O)Nc2nncs2)cc1. The first-order valence-corrected chi connectivity index (χ1v) is 7.33. The molecular formula is C14H15N3O3S. The van der Waals surface area contributed by atoms with Crippen molar-refractivity contribution in [1.82, 2.24) is 10.2 Å². The Bertz CT molecular complexity index is 596. The molecule has 0 saturated carbocycles. The number of carbonyl (C=O) groups excluding carboxylic acids is 2. The molecule has 6 nitrogen and oxygen atoms in total. The van der Waals surface area contributed by atoms with Gasteiger partial charge in [-0.25, -0.2) is 0 Å². The van der Waals surface area contributed by atoms with Gasteiger partial charge in [0, 0.05) is 12.0 Å². The van der Waals surface area contributed by atoms with Crippen molar-refractivity contribution < 1.29 is 14.3 Å². The smallest absolute Gasteiger partial charge is 0.226 e. The molecule has 0 spiro atoms. The normalized spacial score (nSPS) is 10.1. The summed E-state index contributed by atoms with van der Waals surface area (Å²) < 4.78 is 5.51. The van der Waals surface area contributed by atoms with Gasteiger partial charge in [0.05, 0.1) is 6.61 Å². The standard InChI is InChI=1S/C14H15N3O3S/c1-10(18)11-4-6-12(7-5-11)20-8-2-3-13(19)16-14-17-15-9-21-14/h4-7,9H,2-3,8H2,1H3,(H,16,17,19). The molecule has 1 amide bonds. The van der Waals surface area contributed by atoms with Gasteiger partial charge in [0.15, 0.2) is 5.78 Å². The van der Waals surface area contributed by atoms with Crippen molar-refractivity contribution in [3.63, 3.8) is 0 Å². The minimum Gasteiger partial charge on any atom is -0.494 e. The van der Waals surface area contributed by atoms with Gasteiger partial charge in [-0.15, -0.1) is 10.2 Å². The first-order chi connectivity index (χ1) is 10.1. The van der Waals surface area contributed by atoms with Crippen molar-refractivity contribution in [1.29, 1.82) is 0 Å². The van der Waals surface area contributed by atoms with Crippen LogP contribution in [-0.4, -0.2) is 28.5 Å². The Labute approximate surface area is 126 Å². The number of hydrogen-bond donors (Lipinski definition) is 1. The number of benzene rings is 1. The molecular weight excluding hydrogens is 290 g/mol. The molecule has 0 unspecified atom stereocenters. The van der Waals surface area contributed by atoms with Crippen molar-refractivity contribution >= 4 is 28.2 Å². The Morgan fingerprint density at radius 3 is 2.67 bits per heavy atom. The first kappa shape index (κ1) is 15.1. The van der Waals surface area contributed by atoms with E-state index >= 15 is 0 Å². The van der Waals surface area contributed by atoms with Crippen LogP contribution in [0.4, 0.5) is 5.13 Å². The fourth-order valence-corrected chi connectivity index (χ4v) is 2.08. The van der Waals surface area contributed by atoms with Crippen LogP contribution in [0.2, 0.25) is 0 Å². The first-order valence-electron chi connectivity index (χ1n) is 6.45. The molecule has 0 aliphatic rings. The summed E-state index contributed by atoms with van der Waals surface area (Å²) in [5, 5.41) is 10.5. The molecule has 0 aliphatic heterocycles. The van der Waals surface area contributed by atoms with Crippen LogP contribution in [0.5, 0.6) is 5.75 Å². The molecule has 2 rings (SSSR count). The van der Waals surface area contributed by atoms with Crippen molar-refractivity contribution in [2.24, 2.45) is 0 Å². The quantitative estimate of drug-likeness (QED) is 0.628. The molecule has 1 N–H and O–H groups in total. The highest BCUT2D eigenvalue weighted by molar-refractivity contribution is 7.13. The Kier molecular flexibility index (Phi) is 5.39. The van der Waals surface area contributed by atoms with Gasteiger partial charge in [0.1, 0.15) is 11.3 Å². The van der Waals surface area contributed by atoms with Crippen LogP contribution in [0.3, 0.4) is 0 Å². The monoisotopic (exact) mass is 305 g/mol. The average Bonchev–Trinajstić information content (AvgIpc) is 2.97. The topological polar surface area (TPSA) is 81.2 Å². The molecule has 2 aromatic rings. The zero-order valence-corrected chi connectivity index (χ0v) is 12.4. The van der Waals surface area contributed by atoms with Crippen LogP contribution >= 0.6 is 11.3 Å². The third kappa shape index (κ3) is 4.96. The van der Waals surface area contributed by atoms with Crippen molar-refractivity contribution in [3.05, 3.63) is 35.3 Å². The van der Waals surface area contributed by atoms with Gasteiger partial charge in [-0.2, -0.15) is 0 Å². The number of amides is 1. The average molecular weight is 305 g/mol. The number of nitrogens with one attached hydrogen (secondary N) is 1. The molecule has 0 atom stereocenters. The Balaban J connectivity index is 1.67. The molecule has 1 aromatic heterocycles. The number of carbonyl (C=O) groups is 2. The summed E-state index contributed by atoms with van der Waals surface area (Å²) in [6.45, 7) is 1.95. The number of nitrogens with zero attached hydrogens (tertiary/aromatic N) is 2. The van der Waals surface area contributed by atoms with Crippen LogP contribution < -0.4 is 10.1 Å². The van der Waals surface area contributed by atoms with Crippen molar-refractivity contribution in [2.45, 2.75) is 19.8 Å². The molecule has 0 saturated heterocycles. The summed E-state index contributed by atoms with van der Waals surface area (Å²) in [6.07, 6.45) is 0.949. The lowest BCUT2D eigenvalue weighted by Crippen LogP contribution is -2.12. The minimum atomic E-state index is -0.109. The molecule has 0 radical (unpaired) electrons. The largest absolute Gasteiger partial charge is 0.494 e. The fourth-order valence-electron chi connectivity index (χ4n) is 1.62. The van der Waals surface area contributed by atoms with E-state index in [2.05, 4.69) is 15.5 Å². The lowest BCUT2D eigenvalue weighted by atomic mass is 10.1. The van der Waals surface area contributed by atoms with Gasteiger partial charge >= 0.3 is 0 Å². The Hall–Kier alpha value is -2.28. The van der Waals surface area contributed by atoms with Crippen LogP contribution in [0.15, 0.2) is 29.8 Å². The molecule has 0 fully saturated rings. The molecule has 0 aliphatic carbocycles. The maximum atomic E-state index is 11.6. The lowest BCUT2D eigenvalue weighted by molar-refractivity contribution is -0.116. The number of hydrogen-bond acceptors (Lipinski definition) is 6. The maximum Gasteiger partial charge on any atom is 0.226 e. The van der Waals surface area contributed by atoms with E-state index in [1.54, 1.807) is 29.8 Å². The Morgan fingerprint density at radius 2 is 2.05 bits per heavy atom. The molecule has 1 aromatic carbocycles. The van der Waals surface area contributed by atoms with Gasteiger partial charge in [-0.05, 0) is 37.6 Å². The van der Waals surface area contributed by atoms with Crippen LogP contribution in [0, 0.1) is 0 Å². The van der Waals surface area contributed by atoms with E-state index in [4.69, 9.17) is 4.74 Å². The van der Waals surface area contributed by atoms with Gasteiger partial charge in [0.25, 0.3) is 0 Å². The highest BCUT2D eigenvalue weighted by Gasteiger charge is 2.05. The summed E-state index contributed by atoms with van der Waals surface area (Å²) in [7, 11) is 0. The van der Waals surface area contributed by atoms with Crippen molar-refractivity contribution in [3.8, 4) is 5.75 Å². The zero-order chi connectivity index (χ0) is 15.1. The van der Waals surface area contributed by atoms with E-state index in [1.807, 2.05) is 0 Å². The summed E-state index contributed by atoms with van der Waals surface area (Å²) in [5.41, 5.74) is 2.21. The number of ketones is 1. The van der Waals surface area contributed by atoms with E-state index in [0.29, 0.717) is 35.9 Å². The van der Waals surface area contributed by atoms with Crippen molar-refractivity contribution in [2.75, 3.05) is 11.9 Å². The number of rotatable bonds is 7. The minimum absolute atomic E-state index is 0.0231. The van der Waals surface area contributed by atoms with E-state index in [1.165, 1.54) is 18.3 Å². The van der Waals surface area contributed by atoms with E-state index < -0.39 is 0 Å². The van der Waals surface area contributed by atoms with Crippen LogP contribution in [0.25, 0.3) is 0 Å². The second-order valence-corrected chi connectivity index (χ2v) is 5.16. The third-order valence-electron chi connectivity index (χ3n) is 2.68. The molecule has 1 heterocycles. The Morgan fingerprint density at radius 1 is 1.29 bits per heavy atom. The van der Waals surface area contributed by atoms with Crippen LogP contribution in [0.1, 0.15) is 30.1 Å². The fraction of sp³-hybridized carbons (Fsp3) is 0.286. The summed E-state index contributed by atoms with van der Waals surface area (Å²) in [4.78, 5) is 22.7. The van der Waals surface area contributed by atoms with E-state index in [0.717, 1.165) is 0 Å². The number of anilines is 1. The number of Topliss-reactive ketones (excluding diaryl/α,β-unsaturated/α-hetero) is 1. The number of aromatic nitrogens is 2. The maximum absolute atomic E-state index is 11.6. The molecule has 0 bridgehead atoms. The van der Waals surface area contributed by atoms with E-state index in [-0.39, 0.29) is 11.7 Å². The molecule has 7 heteroatoms. The number of ether oxygens (including phenoxy) is 1. The summed E-state index contributed by atoms with van der Waals surface area (Å²) >= 11 is 1.28. The van der Waals surface area contributed by atoms with Gasteiger partial charge in [0.2, 0.25) is 11.0 Å². The van der Waals surface area contributed by atoms with E-state index in [9.17, 15) is 9.59 Å². The summed E-state index contributed by atoms with van der Waals surface area (Å²) in [5.74, 6) is 0.599. The van der Waals surface area contributed by atoms with Gasteiger partial charge in [-0.3, -0.25) is 9.59 Å². The second kappa shape index (κ2) is 7.49. The second-order valence-electron chi connectivity index (χ2n) is 4.32. The summed E-state index contributed by atoms with van der Waals surface area (Å²) in [6, 6.07) is 6.94. The lowest BCUT2D eigenvalue weighted by Gasteiger charge is -2.06. The zero-order valence-electron chi connectivity index (χ0n) is 11.5. The third-order valence-corrected chi connectivity index (χ3v) is 3.29. The predicted molar refractivity (Wildman–Crippen MR) is 79.7 cm³/mol. The highest BCUT2D eigenvalue weighted by Crippen LogP contribution is 2.13. The van der Waals surface area contributed by atoms with Gasteiger partial charge < -0.3 is 10.1 Å². The predicted octanol–water partition coefficient (Wildman–Crippen LogP) is 2.54. The van der Waals surface area contributed by atoms with Gasteiger partial charge in [-0.1, -0.05) is 11.3 Å². The van der Waals surface area contributed by atoms with Crippen LogP contribution in [-0.2, 0) is 4.79 Å². The highest BCUT2D eigenvalue weighted by atomic mass is 32.1. The molecule has 21 heavy (non-hydrogen) atoms. The molecule has 110 valence electrons.